The molecule has 2 aliphatic rings. The quantitative estimate of drug-likeness (QED) is 0.853. The van der Waals surface area contributed by atoms with E-state index in [1.807, 2.05) is 0 Å². The van der Waals surface area contributed by atoms with E-state index in [1.54, 1.807) is 17.9 Å². The van der Waals surface area contributed by atoms with E-state index in [2.05, 4.69) is 20.6 Å². The fourth-order valence-electron chi connectivity index (χ4n) is 3.23. The molecular weight excluding hydrogens is 330 g/mol. The second-order valence-corrected chi connectivity index (χ2v) is 7.10. The number of nitrogens with zero attached hydrogens (tertiary/aromatic N) is 4. The lowest BCUT2D eigenvalue weighted by molar-refractivity contribution is 0.182. The predicted molar refractivity (Wildman–Crippen MR) is 88.4 cm³/mol. The van der Waals surface area contributed by atoms with E-state index in [0.717, 1.165) is 35.5 Å². The Morgan fingerprint density at radius 2 is 2.33 bits per heavy atom. The molecule has 2 unspecified atom stereocenters. The molecule has 0 bridgehead atoms. The van der Waals surface area contributed by atoms with Crippen molar-refractivity contribution in [2.75, 3.05) is 25.6 Å². The number of nitrogens with one attached hydrogen (secondary N) is 1. The van der Waals surface area contributed by atoms with Crippen molar-refractivity contribution >= 4 is 16.5 Å². The highest BCUT2D eigenvalue weighted by Crippen LogP contribution is 2.25. The highest BCUT2D eigenvalue weighted by molar-refractivity contribution is 7.15. The van der Waals surface area contributed by atoms with Crippen molar-refractivity contribution in [1.82, 2.24) is 20.0 Å². The van der Waals surface area contributed by atoms with E-state index < -0.39 is 0 Å². The Bertz CT molecular complexity index is 790. The van der Waals surface area contributed by atoms with Gasteiger partial charge in [-0.15, -0.1) is 10.2 Å². The van der Waals surface area contributed by atoms with Gasteiger partial charge in [-0.3, -0.25) is 4.79 Å². The van der Waals surface area contributed by atoms with Gasteiger partial charge in [-0.2, -0.15) is 5.10 Å². The van der Waals surface area contributed by atoms with Gasteiger partial charge in [-0.25, -0.2) is 4.68 Å². The zero-order valence-corrected chi connectivity index (χ0v) is 14.2. The van der Waals surface area contributed by atoms with Crippen LogP contribution in [0.1, 0.15) is 28.7 Å². The lowest BCUT2D eigenvalue weighted by atomic mass is 10.1. The van der Waals surface area contributed by atoms with Crippen molar-refractivity contribution < 1.29 is 9.47 Å². The van der Waals surface area contributed by atoms with Crippen molar-refractivity contribution in [2.45, 2.75) is 38.0 Å². The first-order chi connectivity index (χ1) is 11.7. The number of rotatable bonds is 5. The van der Waals surface area contributed by atoms with E-state index in [-0.39, 0.29) is 17.6 Å². The number of methoxy groups -OCH3 is 1. The number of hydrogen-bond acceptors (Lipinski definition) is 8. The Morgan fingerprint density at radius 3 is 3.21 bits per heavy atom. The van der Waals surface area contributed by atoms with Crippen LogP contribution in [0.2, 0.25) is 0 Å². The number of aromatic nitrogens is 4. The highest BCUT2D eigenvalue weighted by atomic mass is 32.1. The lowest BCUT2D eigenvalue weighted by Crippen LogP contribution is -2.37. The van der Waals surface area contributed by atoms with Crippen molar-refractivity contribution in [2.24, 2.45) is 0 Å². The maximum absolute atomic E-state index is 12.4. The maximum atomic E-state index is 12.4. The molecule has 2 atom stereocenters. The summed E-state index contributed by atoms with van der Waals surface area (Å²) in [5.41, 5.74) is 2.07. The molecule has 9 heteroatoms. The van der Waals surface area contributed by atoms with Crippen LogP contribution >= 0.6 is 11.3 Å². The topological polar surface area (TPSA) is 91.2 Å². The Labute approximate surface area is 142 Å². The van der Waals surface area contributed by atoms with Gasteiger partial charge in [-0.1, -0.05) is 11.3 Å². The fraction of sp³-hybridized carbons (Fsp3) is 0.600. The first-order valence-corrected chi connectivity index (χ1v) is 8.83. The molecule has 1 aliphatic heterocycles. The third-order valence-corrected chi connectivity index (χ3v) is 5.22. The smallest absolute Gasteiger partial charge is 0.267 e. The molecule has 8 nitrogen and oxygen atoms in total. The van der Waals surface area contributed by atoms with Crippen LogP contribution in [0, 0.1) is 0 Å². The first kappa shape index (κ1) is 15.7. The third-order valence-electron chi connectivity index (χ3n) is 4.39. The summed E-state index contributed by atoms with van der Waals surface area (Å²) in [4.78, 5) is 12.4. The zero-order chi connectivity index (χ0) is 16.5. The molecule has 2 aromatic heterocycles. The second kappa shape index (κ2) is 6.58. The number of ether oxygens (including phenoxy) is 2. The van der Waals surface area contributed by atoms with Gasteiger partial charge in [0.25, 0.3) is 5.56 Å². The highest BCUT2D eigenvalue weighted by Gasteiger charge is 2.33. The van der Waals surface area contributed by atoms with Crippen LogP contribution in [-0.2, 0) is 28.9 Å². The van der Waals surface area contributed by atoms with Crippen molar-refractivity contribution in [3.05, 3.63) is 32.7 Å². The lowest BCUT2D eigenvalue weighted by Gasteiger charge is -2.20. The average Bonchev–Trinajstić information content (AvgIpc) is 3.28. The number of hydrogen-bond donors (Lipinski definition) is 1. The molecular formula is C15H19N5O3S. The van der Waals surface area contributed by atoms with Gasteiger partial charge < -0.3 is 14.8 Å². The Morgan fingerprint density at radius 1 is 1.42 bits per heavy atom. The second-order valence-electron chi connectivity index (χ2n) is 6.04. The molecule has 24 heavy (non-hydrogen) atoms. The molecule has 1 fully saturated rings. The van der Waals surface area contributed by atoms with Gasteiger partial charge in [0.1, 0.15) is 17.7 Å². The SMILES string of the molecule is COCc1nnc(NC2COCC2n2nc3c(cc2=O)CCC3)s1. The minimum Gasteiger partial charge on any atom is -0.377 e. The van der Waals surface area contributed by atoms with Gasteiger partial charge in [0.15, 0.2) is 0 Å². The summed E-state index contributed by atoms with van der Waals surface area (Å²) in [6.45, 7) is 1.41. The normalized spacial score (nSPS) is 22.7. The molecule has 0 amide bonds. The molecule has 4 rings (SSSR count). The van der Waals surface area contributed by atoms with Crippen LogP contribution in [0.3, 0.4) is 0 Å². The Hall–Kier alpha value is -1.84. The van der Waals surface area contributed by atoms with Gasteiger partial charge in [-0.05, 0) is 24.8 Å². The Balaban J connectivity index is 1.55. The van der Waals surface area contributed by atoms with Crippen LogP contribution in [0.25, 0.3) is 0 Å². The van der Waals surface area contributed by atoms with E-state index in [4.69, 9.17) is 9.47 Å². The molecule has 0 saturated carbocycles. The number of anilines is 1. The van der Waals surface area contributed by atoms with E-state index in [0.29, 0.717) is 25.0 Å². The summed E-state index contributed by atoms with van der Waals surface area (Å²) in [6.07, 6.45) is 2.97. The van der Waals surface area contributed by atoms with E-state index in [1.165, 1.54) is 11.3 Å². The zero-order valence-electron chi connectivity index (χ0n) is 13.4. The minimum absolute atomic E-state index is 0.0574. The summed E-state index contributed by atoms with van der Waals surface area (Å²) < 4.78 is 12.2. The average molecular weight is 349 g/mol. The van der Waals surface area contributed by atoms with Gasteiger partial charge in [0.2, 0.25) is 5.13 Å². The molecule has 128 valence electrons. The molecule has 0 aromatic carbocycles. The third kappa shape index (κ3) is 2.94. The summed E-state index contributed by atoms with van der Waals surface area (Å²) in [6, 6.07) is 1.53. The standard InChI is InChI=1S/C15H19N5O3S/c1-22-8-13-17-18-15(24-13)16-11-6-23-7-12(11)20-14(21)5-9-3-2-4-10(9)19-20/h5,11-12H,2-4,6-8H2,1H3,(H,16,18). The van der Waals surface area contributed by atoms with E-state index in [9.17, 15) is 4.79 Å². The van der Waals surface area contributed by atoms with Crippen molar-refractivity contribution in [3.8, 4) is 0 Å². The summed E-state index contributed by atoms with van der Waals surface area (Å²) in [5.74, 6) is 0. The molecule has 1 aliphatic carbocycles. The predicted octanol–water partition coefficient (Wildman–Crippen LogP) is 0.782. The summed E-state index contributed by atoms with van der Waals surface area (Å²) in [7, 11) is 1.63. The molecule has 0 spiro atoms. The maximum Gasteiger partial charge on any atom is 0.267 e. The van der Waals surface area contributed by atoms with Crippen LogP contribution in [0.5, 0.6) is 0 Å². The molecule has 1 saturated heterocycles. The number of fused-ring (bicyclic) bond motifs is 1. The molecule has 1 N–H and O–H groups in total. The summed E-state index contributed by atoms with van der Waals surface area (Å²) >= 11 is 1.44. The molecule has 2 aromatic rings. The molecule has 3 heterocycles. The van der Waals surface area contributed by atoms with Gasteiger partial charge in [0, 0.05) is 13.2 Å². The molecule has 0 radical (unpaired) electrons. The monoisotopic (exact) mass is 349 g/mol. The Kier molecular flexibility index (Phi) is 4.30. The van der Waals surface area contributed by atoms with Gasteiger partial charge in [0.05, 0.1) is 24.9 Å². The minimum atomic E-state index is -0.141. The summed E-state index contributed by atoms with van der Waals surface area (Å²) in [5, 5.41) is 17.6. The largest absolute Gasteiger partial charge is 0.377 e. The van der Waals surface area contributed by atoms with Crippen molar-refractivity contribution in [3.63, 3.8) is 0 Å². The van der Waals surface area contributed by atoms with Crippen molar-refractivity contribution in [1.29, 1.82) is 0 Å². The van der Waals surface area contributed by atoms with E-state index >= 15 is 0 Å². The van der Waals surface area contributed by atoms with Crippen LogP contribution < -0.4 is 10.9 Å². The van der Waals surface area contributed by atoms with Crippen LogP contribution in [0.4, 0.5) is 5.13 Å². The van der Waals surface area contributed by atoms with Gasteiger partial charge >= 0.3 is 0 Å². The first-order valence-electron chi connectivity index (χ1n) is 8.02. The van der Waals surface area contributed by atoms with Crippen LogP contribution in [0.15, 0.2) is 10.9 Å². The number of aryl methyl sites for hydroxylation is 2. The van der Waals surface area contributed by atoms with Crippen LogP contribution in [-0.4, -0.2) is 46.3 Å². The fourth-order valence-corrected chi connectivity index (χ4v) is 4.00.